The number of rotatable bonds is 11. The van der Waals surface area contributed by atoms with Gasteiger partial charge in [-0.25, -0.2) is 13.2 Å². The molecule has 0 aromatic heterocycles. The Morgan fingerprint density at radius 2 is 1.57 bits per heavy atom. The number of carbonyl (C=O) groups is 2. The monoisotopic (exact) mass is 476 g/mol. The van der Waals surface area contributed by atoms with Crippen LogP contribution in [0.2, 0.25) is 0 Å². The molecule has 0 aliphatic rings. The summed E-state index contributed by atoms with van der Waals surface area (Å²) in [4.78, 5) is 23.2. The van der Waals surface area contributed by atoms with Crippen LogP contribution in [0, 0.1) is 0 Å². The Labute approximate surface area is 166 Å². The third-order valence-electron chi connectivity index (χ3n) is 3.41. The number of esters is 1. The largest absolute Gasteiger partial charge is 0.743 e. The highest BCUT2D eigenvalue weighted by molar-refractivity contribution is 7.86. The summed E-state index contributed by atoms with van der Waals surface area (Å²) in [5.74, 6) is -13.2. The maximum absolute atomic E-state index is 13.4. The molecular weight excluding hydrogens is 459 g/mol. The summed E-state index contributed by atoms with van der Waals surface area (Å²) >= 11 is 0. The minimum absolute atomic E-state index is 0.545. The summed E-state index contributed by atoms with van der Waals surface area (Å²) in [6, 6.07) is 0. The van der Waals surface area contributed by atoms with Crippen molar-refractivity contribution in [3.8, 4) is 0 Å². The predicted octanol–water partition coefficient (Wildman–Crippen LogP) is 2.07. The first-order valence-corrected chi connectivity index (χ1v) is 9.20. The zero-order valence-electron chi connectivity index (χ0n) is 15.4. The Morgan fingerprint density at radius 3 is 1.93 bits per heavy atom. The van der Waals surface area contributed by atoms with Crippen molar-refractivity contribution in [2.24, 2.45) is 0 Å². The van der Waals surface area contributed by atoms with Gasteiger partial charge in [0, 0.05) is 19.0 Å². The Balaban J connectivity index is 5.35. The Bertz CT molecular complexity index is 767. The molecule has 0 aliphatic heterocycles. The van der Waals surface area contributed by atoms with Gasteiger partial charge in [0.05, 0.1) is 6.61 Å². The second kappa shape index (κ2) is 9.47. The molecule has 1 amide bonds. The summed E-state index contributed by atoms with van der Waals surface area (Å²) < 4.78 is 132. The highest BCUT2D eigenvalue weighted by Crippen LogP contribution is 2.42. The summed E-state index contributed by atoms with van der Waals surface area (Å²) in [6.07, 6.45) is -9.45. The molecule has 1 N–H and O–H groups in total. The lowest BCUT2D eigenvalue weighted by molar-refractivity contribution is -0.347. The van der Waals surface area contributed by atoms with Crippen molar-refractivity contribution in [1.29, 1.82) is 0 Å². The van der Waals surface area contributed by atoms with Crippen LogP contribution in [-0.4, -0.2) is 61.6 Å². The Morgan fingerprint density at radius 1 is 1.07 bits per heavy atom. The molecule has 16 heteroatoms. The molecule has 0 aromatic rings. The Hall–Kier alpha value is -1.94. The van der Waals surface area contributed by atoms with Crippen molar-refractivity contribution in [3.63, 3.8) is 0 Å². The molecule has 0 saturated heterocycles. The number of hydrogen-bond donors (Lipinski definition) is 1. The SMILES string of the molecule is C=C(C)C(=O)OC(OCCCCC(F)(F)C(F)(F)S(=O)(=O)[O-])(C(=O)NC)C(F)(F)F. The molecule has 176 valence electrons. The topological polar surface area (TPSA) is 122 Å². The molecule has 1 atom stereocenters. The van der Waals surface area contributed by atoms with Crippen molar-refractivity contribution < 1.29 is 62.8 Å². The molecule has 0 saturated carbocycles. The third-order valence-corrected chi connectivity index (χ3v) is 4.34. The van der Waals surface area contributed by atoms with Crippen molar-refractivity contribution in [2.75, 3.05) is 13.7 Å². The van der Waals surface area contributed by atoms with Crippen molar-refractivity contribution in [3.05, 3.63) is 12.2 Å². The maximum atomic E-state index is 13.4. The molecule has 0 spiro atoms. The van der Waals surface area contributed by atoms with E-state index in [2.05, 4.69) is 16.1 Å². The third kappa shape index (κ3) is 6.04. The molecule has 0 bridgehead atoms. The predicted molar refractivity (Wildman–Crippen MR) is 83.2 cm³/mol. The van der Waals surface area contributed by atoms with E-state index in [4.69, 9.17) is 0 Å². The quantitative estimate of drug-likeness (QED) is 0.121. The number of unbranched alkanes of at least 4 members (excludes halogenated alkanes) is 1. The molecule has 0 aromatic carbocycles. The molecule has 1 unspecified atom stereocenters. The lowest BCUT2D eigenvalue weighted by atomic mass is 10.1. The summed E-state index contributed by atoms with van der Waals surface area (Å²) in [5.41, 5.74) is -0.545. The molecule has 0 aliphatic carbocycles. The smallest absolute Gasteiger partial charge is 0.466 e. The van der Waals surface area contributed by atoms with Gasteiger partial charge in [-0.1, -0.05) is 6.58 Å². The number of carbonyl (C=O) groups excluding carboxylic acids is 2. The zero-order valence-corrected chi connectivity index (χ0v) is 16.3. The fourth-order valence-electron chi connectivity index (χ4n) is 1.79. The minimum Gasteiger partial charge on any atom is -0.743 e. The number of nitrogens with one attached hydrogen (secondary N) is 1. The van der Waals surface area contributed by atoms with Crippen LogP contribution in [0.25, 0.3) is 0 Å². The van der Waals surface area contributed by atoms with Crippen LogP contribution in [0.5, 0.6) is 0 Å². The fourth-order valence-corrected chi connectivity index (χ4v) is 2.25. The molecular formula is C14H17F7NO7S-. The molecule has 0 radical (unpaired) electrons. The van der Waals surface area contributed by atoms with Gasteiger partial charge in [0.15, 0.2) is 10.1 Å². The van der Waals surface area contributed by atoms with Gasteiger partial charge in [-0.05, 0) is 19.8 Å². The number of likely N-dealkylation sites (N-methyl/N-ethyl adjacent to an activating group) is 1. The fraction of sp³-hybridized carbons (Fsp3) is 0.714. The Kier molecular flexibility index (Phi) is 8.85. The van der Waals surface area contributed by atoms with E-state index >= 15 is 0 Å². The van der Waals surface area contributed by atoms with Crippen LogP contribution < -0.4 is 5.32 Å². The van der Waals surface area contributed by atoms with E-state index in [1.54, 1.807) is 5.32 Å². The highest BCUT2D eigenvalue weighted by atomic mass is 32.2. The second-order valence-electron chi connectivity index (χ2n) is 5.84. The van der Waals surface area contributed by atoms with E-state index in [1.807, 2.05) is 0 Å². The lowest BCUT2D eigenvalue weighted by Gasteiger charge is -2.33. The van der Waals surface area contributed by atoms with E-state index in [0.717, 1.165) is 14.0 Å². The number of alkyl halides is 7. The van der Waals surface area contributed by atoms with Gasteiger partial charge in [0.1, 0.15) is 0 Å². The average Bonchev–Trinajstić information content (AvgIpc) is 2.56. The first-order valence-electron chi connectivity index (χ1n) is 7.79. The summed E-state index contributed by atoms with van der Waals surface area (Å²) in [6.45, 7) is 2.78. The van der Waals surface area contributed by atoms with Gasteiger partial charge in [-0.15, -0.1) is 0 Å². The van der Waals surface area contributed by atoms with Gasteiger partial charge in [0.2, 0.25) is 0 Å². The standard InChI is InChI=1S/C14H18F7NO7S/c1-8(2)9(23)29-12(10(24)22-3,13(17,18)19)28-7-5-4-6-11(15,16)14(20,21)30(25,26)27/h1,4-7H2,2-3H3,(H,22,24)(H,25,26,27)/p-1. The normalized spacial score (nSPS) is 15.3. The van der Waals surface area contributed by atoms with E-state index in [0.29, 0.717) is 0 Å². The van der Waals surface area contributed by atoms with Gasteiger partial charge in [-0.2, -0.15) is 30.7 Å². The molecule has 0 heterocycles. The average molecular weight is 476 g/mol. The van der Waals surface area contributed by atoms with Crippen molar-refractivity contribution >= 4 is 22.0 Å². The number of hydrogen-bond acceptors (Lipinski definition) is 7. The van der Waals surface area contributed by atoms with Crippen LogP contribution in [0.1, 0.15) is 26.2 Å². The summed E-state index contributed by atoms with van der Waals surface area (Å²) in [7, 11) is -5.97. The zero-order chi connectivity index (χ0) is 24.2. The molecule has 0 fully saturated rings. The van der Waals surface area contributed by atoms with E-state index in [-0.39, 0.29) is 0 Å². The van der Waals surface area contributed by atoms with Gasteiger partial charge in [0.25, 0.3) is 0 Å². The summed E-state index contributed by atoms with van der Waals surface area (Å²) in [5, 5.41) is -4.40. The van der Waals surface area contributed by atoms with Crippen LogP contribution in [0.4, 0.5) is 30.7 Å². The van der Waals surface area contributed by atoms with Gasteiger partial charge < -0.3 is 19.3 Å². The minimum atomic E-state index is -6.71. The van der Waals surface area contributed by atoms with E-state index < -0.39 is 76.6 Å². The van der Waals surface area contributed by atoms with E-state index in [1.165, 1.54) is 0 Å². The van der Waals surface area contributed by atoms with Crippen LogP contribution in [0.3, 0.4) is 0 Å². The van der Waals surface area contributed by atoms with Crippen molar-refractivity contribution in [2.45, 2.75) is 49.3 Å². The second-order valence-corrected chi connectivity index (χ2v) is 7.27. The number of amides is 1. The van der Waals surface area contributed by atoms with Crippen LogP contribution in [-0.2, 0) is 29.2 Å². The first-order chi connectivity index (χ1) is 13.3. The number of halogens is 7. The lowest BCUT2D eigenvalue weighted by Crippen LogP contribution is -2.61. The number of ether oxygens (including phenoxy) is 2. The molecule has 30 heavy (non-hydrogen) atoms. The van der Waals surface area contributed by atoms with Gasteiger partial charge in [-0.3, -0.25) is 4.79 Å². The van der Waals surface area contributed by atoms with Crippen molar-refractivity contribution in [1.82, 2.24) is 5.32 Å². The van der Waals surface area contributed by atoms with E-state index in [9.17, 15) is 53.3 Å². The van der Waals surface area contributed by atoms with Crippen LogP contribution in [0.15, 0.2) is 12.2 Å². The highest BCUT2D eigenvalue weighted by Gasteiger charge is 2.66. The molecule has 8 nitrogen and oxygen atoms in total. The molecule has 0 rings (SSSR count). The van der Waals surface area contributed by atoms with Crippen LogP contribution >= 0.6 is 0 Å². The maximum Gasteiger partial charge on any atom is 0.466 e. The van der Waals surface area contributed by atoms with Gasteiger partial charge >= 0.3 is 35.0 Å². The first kappa shape index (κ1) is 28.1.